The number of nitrogen functional groups attached to an aromatic ring is 1. The normalized spacial score (nSPS) is 10.2. The highest BCUT2D eigenvalue weighted by molar-refractivity contribution is 5.97. The quantitative estimate of drug-likeness (QED) is 0.827. The predicted octanol–water partition coefficient (Wildman–Crippen LogP) is 3.37. The van der Waals surface area contributed by atoms with E-state index in [2.05, 4.69) is 12.2 Å². The number of amides is 1. The molecule has 0 radical (unpaired) electrons. The van der Waals surface area contributed by atoms with Crippen molar-refractivity contribution in [3.63, 3.8) is 0 Å². The summed E-state index contributed by atoms with van der Waals surface area (Å²) in [5.41, 5.74) is 8.06. The molecule has 21 heavy (non-hydrogen) atoms. The van der Waals surface area contributed by atoms with Gasteiger partial charge in [-0.1, -0.05) is 19.1 Å². The number of nitrogens with one attached hydrogen (secondary N) is 1. The van der Waals surface area contributed by atoms with Gasteiger partial charge in [0.1, 0.15) is 11.5 Å². The van der Waals surface area contributed by atoms with Crippen LogP contribution in [0.15, 0.2) is 42.5 Å². The molecule has 4 heteroatoms. The Morgan fingerprint density at radius 1 is 1.14 bits per heavy atom. The number of benzene rings is 2. The number of hydrogen-bond donors (Lipinski definition) is 2. The predicted molar refractivity (Wildman–Crippen MR) is 84.8 cm³/mol. The van der Waals surface area contributed by atoms with E-state index in [4.69, 9.17) is 10.5 Å². The van der Waals surface area contributed by atoms with Gasteiger partial charge in [0, 0.05) is 18.3 Å². The molecule has 0 aliphatic heterocycles. The van der Waals surface area contributed by atoms with Crippen LogP contribution in [0.2, 0.25) is 0 Å². The Balaban J connectivity index is 2.28. The van der Waals surface area contributed by atoms with Crippen molar-refractivity contribution in [2.75, 3.05) is 12.3 Å². The molecule has 2 aromatic carbocycles. The zero-order valence-electron chi connectivity index (χ0n) is 12.3. The van der Waals surface area contributed by atoms with Crippen LogP contribution in [0, 0.1) is 0 Å². The van der Waals surface area contributed by atoms with Crippen molar-refractivity contribution < 1.29 is 9.53 Å². The Kier molecular flexibility index (Phi) is 4.82. The summed E-state index contributed by atoms with van der Waals surface area (Å²) in [5.74, 6) is 0.978. The topological polar surface area (TPSA) is 64.4 Å². The van der Waals surface area contributed by atoms with Crippen LogP contribution in [0.4, 0.5) is 5.69 Å². The minimum absolute atomic E-state index is 0.169. The van der Waals surface area contributed by atoms with Gasteiger partial charge in [-0.25, -0.2) is 0 Å². The van der Waals surface area contributed by atoms with Crippen molar-refractivity contribution in [2.24, 2.45) is 0 Å². The molecule has 0 bridgehead atoms. The van der Waals surface area contributed by atoms with Gasteiger partial charge in [-0.15, -0.1) is 0 Å². The maximum atomic E-state index is 12.0. The van der Waals surface area contributed by atoms with Crippen LogP contribution < -0.4 is 15.8 Å². The van der Waals surface area contributed by atoms with Crippen LogP contribution in [0.3, 0.4) is 0 Å². The van der Waals surface area contributed by atoms with E-state index >= 15 is 0 Å². The molecule has 4 nitrogen and oxygen atoms in total. The number of nitrogens with two attached hydrogens (primary N) is 1. The van der Waals surface area contributed by atoms with E-state index in [0.29, 0.717) is 29.3 Å². The van der Waals surface area contributed by atoms with Crippen LogP contribution in [0.25, 0.3) is 0 Å². The number of carbonyl (C=O) groups excluding carboxylic acids is 1. The average molecular weight is 284 g/mol. The lowest BCUT2D eigenvalue weighted by molar-refractivity contribution is 0.0953. The fourth-order valence-electron chi connectivity index (χ4n) is 1.99. The first-order chi connectivity index (χ1) is 10.1. The molecule has 0 saturated carbocycles. The Hall–Kier alpha value is -2.49. The highest BCUT2D eigenvalue weighted by Crippen LogP contribution is 2.28. The minimum Gasteiger partial charge on any atom is -0.456 e. The average Bonchev–Trinajstić information content (AvgIpc) is 2.48. The molecular formula is C17H20N2O2. The molecule has 2 aromatic rings. The van der Waals surface area contributed by atoms with Crippen molar-refractivity contribution in [1.82, 2.24) is 5.32 Å². The van der Waals surface area contributed by atoms with Gasteiger partial charge >= 0.3 is 0 Å². The van der Waals surface area contributed by atoms with Crippen molar-refractivity contribution in [1.29, 1.82) is 0 Å². The van der Waals surface area contributed by atoms with Gasteiger partial charge in [0.2, 0.25) is 0 Å². The van der Waals surface area contributed by atoms with Gasteiger partial charge in [0.25, 0.3) is 5.91 Å². The number of rotatable bonds is 5. The van der Waals surface area contributed by atoms with Crippen LogP contribution >= 0.6 is 0 Å². The van der Waals surface area contributed by atoms with E-state index in [-0.39, 0.29) is 5.91 Å². The lowest BCUT2D eigenvalue weighted by Crippen LogP contribution is -2.23. The zero-order valence-corrected chi connectivity index (χ0v) is 12.3. The van der Waals surface area contributed by atoms with E-state index in [1.165, 1.54) is 5.56 Å². The minimum atomic E-state index is -0.169. The van der Waals surface area contributed by atoms with Gasteiger partial charge in [0.05, 0.1) is 5.56 Å². The third-order valence-corrected chi connectivity index (χ3v) is 3.15. The highest BCUT2D eigenvalue weighted by atomic mass is 16.5. The van der Waals surface area contributed by atoms with Gasteiger partial charge in [-0.05, 0) is 43.2 Å². The van der Waals surface area contributed by atoms with Gasteiger partial charge < -0.3 is 15.8 Å². The molecule has 0 spiro atoms. The second kappa shape index (κ2) is 6.79. The Morgan fingerprint density at radius 3 is 2.48 bits per heavy atom. The van der Waals surface area contributed by atoms with Gasteiger partial charge in [0.15, 0.2) is 0 Å². The zero-order chi connectivity index (χ0) is 15.2. The van der Waals surface area contributed by atoms with E-state index in [1.54, 1.807) is 18.2 Å². The number of anilines is 1. The number of aryl methyl sites for hydroxylation is 1. The van der Waals surface area contributed by atoms with Crippen molar-refractivity contribution in [3.05, 3.63) is 53.6 Å². The summed E-state index contributed by atoms with van der Waals surface area (Å²) in [4.78, 5) is 12.0. The fraction of sp³-hybridized carbons (Fsp3) is 0.235. The monoisotopic (exact) mass is 284 g/mol. The number of hydrogen-bond acceptors (Lipinski definition) is 3. The molecule has 110 valence electrons. The molecule has 1 amide bonds. The van der Waals surface area contributed by atoms with E-state index in [1.807, 2.05) is 31.2 Å². The molecule has 3 N–H and O–H groups in total. The van der Waals surface area contributed by atoms with Gasteiger partial charge in [-0.3, -0.25) is 4.79 Å². The third kappa shape index (κ3) is 3.75. The Labute approximate surface area is 124 Å². The first-order valence-corrected chi connectivity index (χ1v) is 7.08. The third-order valence-electron chi connectivity index (χ3n) is 3.15. The van der Waals surface area contributed by atoms with Crippen molar-refractivity contribution >= 4 is 11.6 Å². The highest BCUT2D eigenvalue weighted by Gasteiger charge is 2.13. The molecule has 0 saturated heterocycles. The molecule has 0 heterocycles. The smallest absolute Gasteiger partial charge is 0.255 e. The Morgan fingerprint density at radius 2 is 1.86 bits per heavy atom. The Bertz CT molecular complexity index is 621. The summed E-state index contributed by atoms with van der Waals surface area (Å²) >= 11 is 0. The van der Waals surface area contributed by atoms with E-state index in [0.717, 1.165) is 6.42 Å². The van der Waals surface area contributed by atoms with Crippen LogP contribution in [0.1, 0.15) is 29.8 Å². The lowest BCUT2D eigenvalue weighted by Gasteiger charge is -2.12. The largest absolute Gasteiger partial charge is 0.456 e. The molecule has 0 aromatic heterocycles. The van der Waals surface area contributed by atoms with Gasteiger partial charge in [-0.2, -0.15) is 0 Å². The lowest BCUT2D eigenvalue weighted by atomic mass is 10.1. The maximum Gasteiger partial charge on any atom is 0.255 e. The molecule has 0 fully saturated rings. The first-order valence-electron chi connectivity index (χ1n) is 7.08. The summed E-state index contributed by atoms with van der Waals surface area (Å²) < 4.78 is 5.82. The van der Waals surface area contributed by atoms with Crippen LogP contribution in [0.5, 0.6) is 11.5 Å². The summed E-state index contributed by atoms with van der Waals surface area (Å²) in [6.07, 6.45) is 0.975. The number of carbonyl (C=O) groups is 1. The number of ether oxygens (including phenoxy) is 1. The van der Waals surface area contributed by atoms with E-state index < -0.39 is 0 Å². The standard InChI is InChI=1S/C17H20N2O2/c1-3-12-5-8-14(9-6-12)21-16-11-13(18)7-10-15(16)17(20)19-4-2/h5-11H,3-4,18H2,1-2H3,(H,19,20). The second-order valence-electron chi connectivity index (χ2n) is 4.71. The van der Waals surface area contributed by atoms with Crippen LogP contribution in [-0.4, -0.2) is 12.5 Å². The molecule has 0 aliphatic carbocycles. The van der Waals surface area contributed by atoms with Crippen molar-refractivity contribution in [3.8, 4) is 11.5 Å². The first kappa shape index (κ1) is 14.9. The molecule has 0 unspecified atom stereocenters. The molecular weight excluding hydrogens is 264 g/mol. The summed E-state index contributed by atoms with van der Waals surface area (Å²) in [6.45, 7) is 4.54. The van der Waals surface area contributed by atoms with Crippen molar-refractivity contribution in [2.45, 2.75) is 20.3 Å². The maximum absolute atomic E-state index is 12.0. The van der Waals surface area contributed by atoms with E-state index in [9.17, 15) is 4.79 Å². The SMILES string of the molecule is CCNC(=O)c1ccc(N)cc1Oc1ccc(CC)cc1. The second-order valence-corrected chi connectivity index (χ2v) is 4.71. The molecule has 0 atom stereocenters. The fourth-order valence-corrected chi connectivity index (χ4v) is 1.99. The molecule has 2 rings (SSSR count). The summed E-state index contributed by atoms with van der Waals surface area (Å²) in [5, 5.41) is 2.77. The summed E-state index contributed by atoms with van der Waals surface area (Å²) in [7, 11) is 0. The molecule has 0 aliphatic rings. The summed E-state index contributed by atoms with van der Waals surface area (Å²) in [6, 6.07) is 12.8. The van der Waals surface area contributed by atoms with Crippen LogP contribution in [-0.2, 0) is 6.42 Å².